The van der Waals surface area contributed by atoms with Crippen molar-refractivity contribution < 1.29 is 14.3 Å². The average molecular weight is 297 g/mol. The number of ether oxygens (including phenoxy) is 2. The maximum absolute atomic E-state index is 12.2. The Bertz CT molecular complexity index is 709. The van der Waals surface area contributed by atoms with Crippen LogP contribution in [0.3, 0.4) is 0 Å². The normalized spacial score (nSPS) is 12.3. The highest BCUT2D eigenvalue weighted by Crippen LogP contribution is 2.32. The third-order valence-corrected chi connectivity index (χ3v) is 3.76. The van der Waals surface area contributed by atoms with Crippen molar-refractivity contribution in [1.29, 1.82) is 0 Å². The molecule has 0 aromatic heterocycles. The molecule has 0 spiro atoms. The van der Waals surface area contributed by atoms with Gasteiger partial charge in [-0.3, -0.25) is 4.79 Å². The number of fused-ring (bicyclic) bond motifs is 1. The van der Waals surface area contributed by atoms with E-state index >= 15 is 0 Å². The number of nitrogens with one attached hydrogen (secondary N) is 1. The van der Waals surface area contributed by atoms with Crippen molar-refractivity contribution in [3.05, 3.63) is 58.7 Å². The first-order valence-electron chi connectivity index (χ1n) is 7.37. The van der Waals surface area contributed by atoms with E-state index in [1.165, 1.54) is 0 Å². The zero-order chi connectivity index (χ0) is 15.5. The first kappa shape index (κ1) is 14.4. The van der Waals surface area contributed by atoms with E-state index in [4.69, 9.17) is 9.47 Å². The summed E-state index contributed by atoms with van der Waals surface area (Å²) in [5.41, 5.74) is 4.01. The predicted molar refractivity (Wildman–Crippen MR) is 84.5 cm³/mol. The first-order valence-corrected chi connectivity index (χ1v) is 7.37. The lowest BCUT2D eigenvalue weighted by Gasteiger charge is -2.09. The lowest BCUT2D eigenvalue weighted by molar-refractivity contribution is 0.0953. The SMILES string of the molecule is Cc1ccc(C(=O)NCCc2ccc3c(c2)OCO3)c(C)c1. The van der Waals surface area contributed by atoms with Gasteiger partial charge in [0.05, 0.1) is 0 Å². The molecule has 0 saturated heterocycles. The van der Waals surface area contributed by atoms with Crippen LogP contribution in [-0.4, -0.2) is 19.2 Å². The quantitative estimate of drug-likeness (QED) is 0.943. The third-order valence-electron chi connectivity index (χ3n) is 3.76. The Kier molecular flexibility index (Phi) is 4.00. The molecule has 2 aromatic carbocycles. The highest BCUT2D eigenvalue weighted by molar-refractivity contribution is 5.95. The maximum Gasteiger partial charge on any atom is 0.251 e. The van der Waals surface area contributed by atoms with Crippen molar-refractivity contribution in [3.63, 3.8) is 0 Å². The summed E-state index contributed by atoms with van der Waals surface area (Å²) in [7, 11) is 0. The highest BCUT2D eigenvalue weighted by atomic mass is 16.7. The van der Waals surface area contributed by atoms with Gasteiger partial charge in [0.25, 0.3) is 5.91 Å². The molecule has 0 aliphatic carbocycles. The standard InChI is InChI=1S/C18H19NO3/c1-12-3-5-15(13(2)9-12)18(20)19-8-7-14-4-6-16-17(10-14)22-11-21-16/h3-6,9-10H,7-8,11H2,1-2H3,(H,19,20). The molecular formula is C18H19NO3. The molecular weight excluding hydrogens is 278 g/mol. The second-order valence-electron chi connectivity index (χ2n) is 5.51. The average Bonchev–Trinajstić information content (AvgIpc) is 2.94. The van der Waals surface area contributed by atoms with E-state index in [1.54, 1.807) is 0 Å². The van der Waals surface area contributed by atoms with Crippen molar-refractivity contribution in [3.8, 4) is 11.5 Å². The van der Waals surface area contributed by atoms with Crippen LogP contribution in [0.4, 0.5) is 0 Å². The van der Waals surface area contributed by atoms with E-state index in [2.05, 4.69) is 5.32 Å². The van der Waals surface area contributed by atoms with Gasteiger partial charge >= 0.3 is 0 Å². The van der Waals surface area contributed by atoms with Crippen LogP contribution in [0.5, 0.6) is 11.5 Å². The molecule has 0 radical (unpaired) electrons. The molecule has 0 bridgehead atoms. The number of hydrogen-bond donors (Lipinski definition) is 1. The van der Waals surface area contributed by atoms with Gasteiger partial charge in [0.2, 0.25) is 6.79 Å². The minimum absolute atomic E-state index is 0.0294. The molecule has 1 heterocycles. The number of carbonyl (C=O) groups is 1. The van der Waals surface area contributed by atoms with Crippen LogP contribution in [0.15, 0.2) is 36.4 Å². The van der Waals surface area contributed by atoms with E-state index in [9.17, 15) is 4.79 Å². The Morgan fingerprint density at radius 3 is 2.73 bits per heavy atom. The molecule has 22 heavy (non-hydrogen) atoms. The van der Waals surface area contributed by atoms with Gasteiger partial charge in [-0.15, -0.1) is 0 Å². The van der Waals surface area contributed by atoms with E-state index in [1.807, 2.05) is 50.2 Å². The number of amides is 1. The Labute approximate surface area is 130 Å². The van der Waals surface area contributed by atoms with Crippen LogP contribution < -0.4 is 14.8 Å². The minimum atomic E-state index is -0.0294. The Morgan fingerprint density at radius 1 is 1.09 bits per heavy atom. The van der Waals surface area contributed by atoms with Crippen molar-refractivity contribution in [2.75, 3.05) is 13.3 Å². The molecule has 4 heteroatoms. The first-order chi connectivity index (χ1) is 10.6. The van der Waals surface area contributed by atoms with Gasteiger partial charge in [0.1, 0.15) is 0 Å². The number of benzene rings is 2. The third kappa shape index (κ3) is 3.06. The number of rotatable bonds is 4. The van der Waals surface area contributed by atoms with Crippen molar-refractivity contribution in [1.82, 2.24) is 5.32 Å². The summed E-state index contributed by atoms with van der Waals surface area (Å²) < 4.78 is 10.6. The molecule has 114 valence electrons. The summed E-state index contributed by atoms with van der Waals surface area (Å²) in [6.45, 7) is 4.85. The maximum atomic E-state index is 12.2. The van der Waals surface area contributed by atoms with Crippen LogP contribution >= 0.6 is 0 Å². The van der Waals surface area contributed by atoms with Crippen LogP contribution in [0.1, 0.15) is 27.0 Å². The monoisotopic (exact) mass is 297 g/mol. The molecule has 2 aromatic rings. The molecule has 0 fully saturated rings. The minimum Gasteiger partial charge on any atom is -0.454 e. The summed E-state index contributed by atoms with van der Waals surface area (Å²) in [5, 5.41) is 2.96. The zero-order valence-corrected chi connectivity index (χ0v) is 12.8. The van der Waals surface area contributed by atoms with Crippen LogP contribution in [0.25, 0.3) is 0 Å². The summed E-state index contributed by atoms with van der Waals surface area (Å²) in [5.74, 6) is 1.53. The van der Waals surface area contributed by atoms with Gasteiger partial charge in [-0.25, -0.2) is 0 Å². The van der Waals surface area contributed by atoms with Gasteiger partial charge in [-0.05, 0) is 49.6 Å². The van der Waals surface area contributed by atoms with E-state index in [0.717, 1.165) is 40.2 Å². The fourth-order valence-corrected chi connectivity index (χ4v) is 2.58. The summed E-state index contributed by atoms with van der Waals surface area (Å²) in [4.78, 5) is 12.2. The van der Waals surface area contributed by atoms with Crippen LogP contribution in [0, 0.1) is 13.8 Å². The van der Waals surface area contributed by atoms with Gasteiger partial charge in [0, 0.05) is 12.1 Å². The Hall–Kier alpha value is -2.49. The summed E-state index contributed by atoms with van der Waals surface area (Å²) in [6, 6.07) is 11.7. The van der Waals surface area contributed by atoms with Crippen molar-refractivity contribution in [2.45, 2.75) is 20.3 Å². The van der Waals surface area contributed by atoms with E-state index < -0.39 is 0 Å². The van der Waals surface area contributed by atoms with Gasteiger partial charge in [0.15, 0.2) is 11.5 Å². The smallest absolute Gasteiger partial charge is 0.251 e. The molecule has 0 atom stereocenters. The van der Waals surface area contributed by atoms with Gasteiger partial charge in [-0.1, -0.05) is 23.8 Å². The topological polar surface area (TPSA) is 47.6 Å². The summed E-state index contributed by atoms with van der Waals surface area (Å²) >= 11 is 0. The second kappa shape index (κ2) is 6.10. The number of carbonyl (C=O) groups excluding carboxylic acids is 1. The van der Waals surface area contributed by atoms with E-state index in [0.29, 0.717) is 6.54 Å². The molecule has 1 aliphatic rings. The van der Waals surface area contributed by atoms with Crippen LogP contribution in [-0.2, 0) is 6.42 Å². The largest absolute Gasteiger partial charge is 0.454 e. The predicted octanol–water partition coefficient (Wildman–Crippen LogP) is 3.00. The fourth-order valence-electron chi connectivity index (χ4n) is 2.58. The molecule has 1 N–H and O–H groups in total. The van der Waals surface area contributed by atoms with Gasteiger partial charge in [-0.2, -0.15) is 0 Å². The molecule has 0 unspecified atom stereocenters. The molecule has 4 nitrogen and oxygen atoms in total. The molecule has 0 saturated carbocycles. The van der Waals surface area contributed by atoms with Gasteiger partial charge < -0.3 is 14.8 Å². The van der Waals surface area contributed by atoms with Crippen molar-refractivity contribution >= 4 is 5.91 Å². The Balaban J connectivity index is 1.57. The lowest BCUT2D eigenvalue weighted by atomic mass is 10.1. The number of hydrogen-bond acceptors (Lipinski definition) is 3. The molecule has 1 amide bonds. The molecule has 1 aliphatic heterocycles. The fraction of sp³-hybridized carbons (Fsp3) is 0.278. The number of aryl methyl sites for hydroxylation is 2. The van der Waals surface area contributed by atoms with Crippen molar-refractivity contribution in [2.24, 2.45) is 0 Å². The highest BCUT2D eigenvalue weighted by Gasteiger charge is 2.13. The zero-order valence-electron chi connectivity index (χ0n) is 12.8. The Morgan fingerprint density at radius 2 is 1.91 bits per heavy atom. The molecule has 3 rings (SSSR count). The summed E-state index contributed by atoms with van der Waals surface area (Å²) in [6.07, 6.45) is 0.757. The lowest BCUT2D eigenvalue weighted by Crippen LogP contribution is -2.26. The van der Waals surface area contributed by atoms with E-state index in [-0.39, 0.29) is 12.7 Å². The second-order valence-corrected chi connectivity index (χ2v) is 5.51. The van der Waals surface area contributed by atoms with Crippen LogP contribution in [0.2, 0.25) is 0 Å².